The lowest BCUT2D eigenvalue weighted by Crippen LogP contribution is -2.39. The first-order valence-corrected chi connectivity index (χ1v) is 10.0. The molecule has 2 aromatic rings. The van der Waals surface area contributed by atoms with Gasteiger partial charge in [0.2, 0.25) is 0 Å². The lowest BCUT2D eigenvalue weighted by atomic mass is 10.1. The number of nitrogens with one attached hydrogen (secondary N) is 2. The predicted molar refractivity (Wildman–Crippen MR) is 129 cm³/mol. The third-order valence-corrected chi connectivity index (χ3v) is 4.93. The number of benzene rings is 1. The van der Waals surface area contributed by atoms with Gasteiger partial charge in [0, 0.05) is 44.3 Å². The molecule has 2 N–H and O–H groups in total. The van der Waals surface area contributed by atoms with Gasteiger partial charge in [-0.1, -0.05) is 18.2 Å². The van der Waals surface area contributed by atoms with Crippen molar-refractivity contribution in [2.75, 3.05) is 31.1 Å². The number of halogens is 1. The maximum absolute atomic E-state index is 4.73. The summed E-state index contributed by atoms with van der Waals surface area (Å²) in [6, 6.07) is 13.1. The molecule has 0 aliphatic carbocycles. The Balaban J connectivity index is 0.00000280. The molecule has 3 rings (SSSR count). The van der Waals surface area contributed by atoms with Crippen LogP contribution in [0.25, 0.3) is 0 Å². The zero-order valence-corrected chi connectivity index (χ0v) is 19.2. The summed E-state index contributed by atoms with van der Waals surface area (Å²) in [6.07, 6.45) is 7.19. The van der Waals surface area contributed by atoms with Crippen LogP contribution in [0.3, 0.4) is 0 Å². The molecule has 1 fully saturated rings. The van der Waals surface area contributed by atoms with E-state index in [1.807, 2.05) is 12.3 Å². The summed E-state index contributed by atoms with van der Waals surface area (Å²) in [6.45, 7) is 8.21. The van der Waals surface area contributed by atoms with Gasteiger partial charge >= 0.3 is 0 Å². The lowest BCUT2D eigenvalue weighted by molar-refractivity contribution is 0.685. The van der Waals surface area contributed by atoms with Gasteiger partial charge in [-0.3, -0.25) is 9.98 Å². The Morgan fingerprint density at radius 2 is 2.04 bits per heavy atom. The number of hydrogen-bond donors (Lipinski definition) is 2. The van der Waals surface area contributed by atoms with Crippen LogP contribution >= 0.6 is 24.0 Å². The number of aromatic nitrogens is 1. The van der Waals surface area contributed by atoms with Gasteiger partial charge in [0.05, 0.1) is 6.04 Å². The van der Waals surface area contributed by atoms with E-state index >= 15 is 0 Å². The molecule has 1 aliphatic rings. The Kier molecular flexibility index (Phi) is 9.54. The van der Waals surface area contributed by atoms with Gasteiger partial charge in [-0.15, -0.1) is 24.0 Å². The summed E-state index contributed by atoms with van der Waals surface area (Å²) >= 11 is 0. The van der Waals surface area contributed by atoms with Crippen LogP contribution in [0.1, 0.15) is 43.9 Å². The van der Waals surface area contributed by atoms with Crippen molar-refractivity contribution < 1.29 is 0 Å². The van der Waals surface area contributed by atoms with E-state index in [0.717, 1.165) is 25.5 Å². The fraction of sp³-hybridized carbons (Fsp3) is 0.455. The van der Waals surface area contributed by atoms with Crippen LogP contribution in [0.5, 0.6) is 0 Å². The number of hydrogen-bond acceptors (Lipinski definition) is 3. The molecule has 1 atom stereocenters. The molecule has 2 heterocycles. The summed E-state index contributed by atoms with van der Waals surface area (Å²) < 4.78 is 0. The van der Waals surface area contributed by atoms with E-state index in [9.17, 15) is 0 Å². The van der Waals surface area contributed by atoms with Crippen molar-refractivity contribution in [2.45, 2.75) is 39.2 Å². The van der Waals surface area contributed by atoms with E-state index < -0.39 is 0 Å². The van der Waals surface area contributed by atoms with Gasteiger partial charge in [-0.2, -0.15) is 0 Å². The number of rotatable bonds is 7. The van der Waals surface area contributed by atoms with Crippen molar-refractivity contribution in [2.24, 2.45) is 4.99 Å². The molecule has 0 radical (unpaired) electrons. The fourth-order valence-corrected chi connectivity index (χ4v) is 3.42. The van der Waals surface area contributed by atoms with E-state index in [1.54, 1.807) is 6.20 Å². The molecule has 1 aromatic carbocycles. The van der Waals surface area contributed by atoms with Crippen LogP contribution in [0.4, 0.5) is 5.69 Å². The van der Waals surface area contributed by atoms with Gasteiger partial charge in [0.25, 0.3) is 0 Å². The molecular weight excluding hydrogens is 461 g/mol. The normalized spacial score (nSPS) is 15.1. The van der Waals surface area contributed by atoms with Crippen molar-refractivity contribution in [3.05, 3.63) is 59.9 Å². The summed E-state index contributed by atoms with van der Waals surface area (Å²) in [7, 11) is 0. The second-order valence-electron chi connectivity index (χ2n) is 7.03. The molecule has 152 valence electrons. The first-order valence-electron chi connectivity index (χ1n) is 10.0. The zero-order chi connectivity index (χ0) is 18.9. The summed E-state index contributed by atoms with van der Waals surface area (Å²) in [4.78, 5) is 11.4. The summed E-state index contributed by atoms with van der Waals surface area (Å²) in [5.74, 6) is 0.862. The molecule has 5 nitrogen and oxygen atoms in total. The summed E-state index contributed by atoms with van der Waals surface area (Å²) in [5.41, 5.74) is 3.83. The van der Waals surface area contributed by atoms with Crippen molar-refractivity contribution >= 4 is 35.6 Å². The lowest BCUT2D eigenvalue weighted by Gasteiger charge is -2.22. The predicted octanol–water partition coefficient (Wildman–Crippen LogP) is 4.16. The van der Waals surface area contributed by atoms with Gasteiger partial charge in [0.15, 0.2) is 5.96 Å². The molecule has 1 unspecified atom stereocenters. The quantitative estimate of drug-likeness (QED) is 0.346. The van der Waals surface area contributed by atoms with Gasteiger partial charge in [-0.25, -0.2) is 0 Å². The van der Waals surface area contributed by atoms with Crippen LogP contribution in [0, 0.1) is 0 Å². The number of anilines is 1. The van der Waals surface area contributed by atoms with Crippen LogP contribution in [-0.2, 0) is 6.42 Å². The highest BCUT2D eigenvalue weighted by molar-refractivity contribution is 14.0. The highest BCUT2D eigenvalue weighted by Gasteiger charge is 2.14. The zero-order valence-electron chi connectivity index (χ0n) is 16.9. The molecule has 0 saturated carbocycles. The standard InChI is InChI=1S/C22H31N5.HI/c1-3-24-22(25-13-11-19-8-7-12-23-17-19)26-18(2)20-9-6-10-21(16-20)27-14-4-5-15-27;/h6-10,12,16-18H,3-5,11,13-15H2,1-2H3,(H2,24,25,26);1H. The molecule has 0 spiro atoms. The number of aliphatic imine (C=N–C) groups is 1. The second kappa shape index (κ2) is 11.9. The smallest absolute Gasteiger partial charge is 0.191 e. The van der Waals surface area contributed by atoms with E-state index in [-0.39, 0.29) is 30.0 Å². The van der Waals surface area contributed by atoms with Crippen molar-refractivity contribution in [1.82, 2.24) is 15.6 Å². The Morgan fingerprint density at radius 1 is 1.21 bits per heavy atom. The van der Waals surface area contributed by atoms with E-state index in [4.69, 9.17) is 4.99 Å². The second-order valence-corrected chi connectivity index (χ2v) is 7.03. The van der Waals surface area contributed by atoms with E-state index in [2.05, 4.69) is 64.7 Å². The van der Waals surface area contributed by atoms with E-state index in [1.165, 1.54) is 42.7 Å². The Hall–Kier alpha value is -1.83. The summed E-state index contributed by atoms with van der Waals surface area (Å²) in [5, 5.41) is 6.90. The Morgan fingerprint density at radius 3 is 2.75 bits per heavy atom. The Labute approximate surface area is 186 Å². The van der Waals surface area contributed by atoms with Crippen molar-refractivity contribution in [1.29, 1.82) is 0 Å². The monoisotopic (exact) mass is 493 g/mol. The minimum absolute atomic E-state index is 0. The molecule has 0 bridgehead atoms. The Bertz CT molecular complexity index is 729. The number of pyridine rings is 1. The average molecular weight is 493 g/mol. The number of nitrogens with zero attached hydrogens (tertiary/aromatic N) is 3. The van der Waals surface area contributed by atoms with E-state index in [0.29, 0.717) is 0 Å². The molecule has 6 heteroatoms. The van der Waals surface area contributed by atoms with Crippen molar-refractivity contribution in [3.8, 4) is 0 Å². The topological polar surface area (TPSA) is 52.6 Å². The highest BCUT2D eigenvalue weighted by atomic mass is 127. The van der Waals surface area contributed by atoms with Crippen LogP contribution in [0.2, 0.25) is 0 Å². The average Bonchev–Trinajstić information content (AvgIpc) is 3.24. The molecule has 1 aliphatic heterocycles. The molecule has 0 amide bonds. The van der Waals surface area contributed by atoms with Crippen LogP contribution in [0.15, 0.2) is 53.8 Å². The molecule has 28 heavy (non-hydrogen) atoms. The van der Waals surface area contributed by atoms with Crippen LogP contribution in [-0.4, -0.2) is 37.1 Å². The van der Waals surface area contributed by atoms with Gasteiger partial charge in [0.1, 0.15) is 0 Å². The maximum atomic E-state index is 4.73. The van der Waals surface area contributed by atoms with Crippen LogP contribution < -0.4 is 15.5 Å². The number of guanidine groups is 1. The highest BCUT2D eigenvalue weighted by Crippen LogP contribution is 2.23. The third-order valence-electron chi connectivity index (χ3n) is 4.93. The largest absolute Gasteiger partial charge is 0.372 e. The molecule has 1 saturated heterocycles. The SMILES string of the molecule is CCNC(=NCCc1cccnc1)NC(C)c1cccc(N2CCCC2)c1.I. The van der Waals surface area contributed by atoms with Gasteiger partial charge in [-0.05, 0) is 62.4 Å². The minimum atomic E-state index is 0. The molecule has 1 aromatic heterocycles. The first kappa shape index (κ1) is 22.5. The fourth-order valence-electron chi connectivity index (χ4n) is 3.42. The maximum Gasteiger partial charge on any atom is 0.191 e. The minimum Gasteiger partial charge on any atom is -0.372 e. The van der Waals surface area contributed by atoms with Crippen molar-refractivity contribution in [3.63, 3.8) is 0 Å². The molecular formula is C22H32IN5. The third kappa shape index (κ3) is 6.65. The first-order chi connectivity index (χ1) is 13.3. The van der Waals surface area contributed by atoms with Gasteiger partial charge < -0.3 is 15.5 Å².